The standard InChI is InChI=1S/C13H16N6O.ClH/c14-12-7-18(13(20)8-19-9-15-16-17-19)6-11(12)10-4-2-1-3-5-10;/h1-5,9,11-12H,6-8,14H2;1H/t11-,12+;/m0./s1. The first-order valence-corrected chi connectivity index (χ1v) is 6.53. The molecule has 8 heteroatoms. The van der Waals surface area contributed by atoms with E-state index in [1.807, 2.05) is 18.2 Å². The molecule has 0 saturated carbocycles. The molecular formula is C13H17ClN6O. The Morgan fingerprint density at radius 1 is 1.29 bits per heavy atom. The Bertz CT molecular complexity index is 576. The van der Waals surface area contributed by atoms with Crippen LogP contribution in [0.25, 0.3) is 0 Å². The van der Waals surface area contributed by atoms with Crippen molar-refractivity contribution in [3.63, 3.8) is 0 Å². The van der Waals surface area contributed by atoms with E-state index in [1.165, 1.54) is 16.6 Å². The second kappa shape index (κ2) is 6.64. The lowest BCUT2D eigenvalue weighted by molar-refractivity contribution is -0.131. The number of rotatable bonds is 3. The van der Waals surface area contributed by atoms with Gasteiger partial charge in [0.2, 0.25) is 5.91 Å². The summed E-state index contributed by atoms with van der Waals surface area (Å²) in [6.07, 6.45) is 1.43. The highest BCUT2D eigenvalue weighted by molar-refractivity contribution is 5.85. The summed E-state index contributed by atoms with van der Waals surface area (Å²) in [7, 11) is 0. The number of carbonyl (C=O) groups is 1. The van der Waals surface area contributed by atoms with Gasteiger partial charge < -0.3 is 10.6 Å². The highest BCUT2D eigenvalue weighted by Crippen LogP contribution is 2.26. The van der Waals surface area contributed by atoms with Gasteiger partial charge >= 0.3 is 0 Å². The molecule has 0 bridgehead atoms. The van der Waals surface area contributed by atoms with Crippen molar-refractivity contribution in [1.29, 1.82) is 0 Å². The van der Waals surface area contributed by atoms with E-state index in [0.29, 0.717) is 13.1 Å². The molecule has 2 N–H and O–H groups in total. The van der Waals surface area contributed by atoms with Crippen LogP contribution < -0.4 is 5.73 Å². The van der Waals surface area contributed by atoms with E-state index in [-0.39, 0.29) is 36.8 Å². The van der Waals surface area contributed by atoms with Crippen molar-refractivity contribution in [3.05, 3.63) is 42.2 Å². The molecule has 1 fully saturated rings. The first-order valence-electron chi connectivity index (χ1n) is 6.53. The minimum atomic E-state index is -0.0322. The first-order chi connectivity index (χ1) is 9.74. The van der Waals surface area contributed by atoms with Crippen molar-refractivity contribution in [3.8, 4) is 0 Å². The zero-order valence-corrected chi connectivity index (χ0v) is 12.2. The van der Waals surface area contributed by atoms with Crippen LogP contribution in [0.1, 0.15) is 11.5 Å². The van der Waals surface area contributed by atoms with Crippen LogP contribution >= 0.6 is 12.4 Å². The molecule has 1 amide bonds. The Morgan fingerprint density at radius 3 is 2.71 bits per heavy atom. The van der Waals surface area contributed by atoms with Gasteiger partial charge in [0.25, 0.3) is 0 Å². The van der Waals surface area contributed by atoms with E-state index >= 15 is 0 Å². The predicted octanol–water partition coefficient (Wildman–Crippen LogP) is 0.0482. The van der Waals surface area contributed by atoms with Crippen LogP contribution in [0.15, 0.2) is 36.7 Å². The Hall–Kier alpha value is -1.99. The Balaban J connectivity index is 0.00000161. The number of carbonyl (C=O) groups excluding carboxylic acids is 1. The summed E-state index contributed by atoms with van der Waals surface area (Å²) in [5.74, 6) is 0.181. The number of tetrazole rings is 1. The quantitative estimate of drug-likeness (QED) is 0.865. The monoisotopic (exact) mass is 308 g/mol. The third kappa shape index (κ3) is 3.37. The van der Waals surface area contributed by atoms with Gasteiger partial charge in [0.15, 0.2) is 0 Å². The molecule has 1 aliphatic heterocycles. The fraction of sp³-hybridized carbons (Fsp3) is 0.385. The summed E-state index contributed by atoms with van der Waals surface area (Å²) in [6.45, 7) is 1.37. The minimum absolute atomic E-state index is 0. The van der Waals surface area contributed by atoms with Crippen molar-refractivity contribution >= 4 is 18.3 Å². The molecule has 0 aliphatic carbocycles. The molecule has 1 aliphatic rings. The number of halogens is 1. The van der Waals surface area contributed by atoms with Gasteiger partial charge in [0.1, 0.15) is 12.9 Å². The number of benzene rings is 1. The second-order valence-corrected chi connectivity index (χ2v) is 4.99. The SMILES string of the molecule is Cl.N[C@@H]1CN(C(=O)Cn2cnnn2)C[C@H]1c1ccccc1. The topological polar surface area (TPSA) is 89.9 Å². The van der Waals surface area contributed by atoms with Gasteiger partial charge in [-0.2, -0.15) is 0 Å². The molecule has 7 nitrogen and oxygen atoms in total. The number of likely N-dealkylation sites (tertiary alicyclic amines) is 1. The lowest BCUT2D eigenvalue weighted by Gasteiger charge is -2.16. The predicted molar refractivity (Wildman–Crippen MR) is 78.8 cm³/mol. The number of amides is 1. The second-order valence-electron chi connectivity index (χ2n) is 4.99. The minimum Gasteiger partial charge on any atom is -0.339 e. The number of nitrogens with two attached hydrogens (primary N) is 1. The van der Waals surface area contributed by atoms with Crippen LogP contribution in [0, 0.1) is 0 Å². The summed E-state index contributed by atoms with van der Waals surface area (Å²) in [6, 6.07) is 10.0. The molecule has 0 unspecified atom stereocenters. The lowest BCUT2D eigenvalue weighted by atomic mass is 9.95. The van der Waals surface area contributed by atoms with Crippen LogP contribution in [0.5, 0.6) is 0 Å². The van der Waals surface area contributed by atoms with Crippen LogP contribution in [-0.2, 0) is 11.3 Å². The van der Waals surface area contributed by atoms with Gasteiger partial charge in [-0.3, -0.25) is 4.79 Å². The number of hydrogen-bond donors (Lipinski definition) is 1. The highest BCUT2D eigenvalue weighted by Gasteiger charge is 2.33. The molecule has 0 spiro atoms. The van der Waals surface area contributed by atoms with Gasteiger partial charge in [0, 0.05) is 25.0 Å². The summed E-state index contributed by atoms with van der Waals surface area (Å²) in [5.41, 5.74) is 7.35. The first kappa shape index (κ1) is 15.4. The van der Waals surface area contributed by atoms with Crippen molar-refractivity contribution < 1.29 is 4.79 Å². The van der Waals surface area contributed by atoms with E-state index in [4.69, 9.17) is 5.73 Å². The normalized spacial score (nSPS) is 21.1. The molecule has 3 rings (SSSR count). The van der Waals surface area contributed by atoms with Crippen LogP contribution in [-0.4, -0.2) is 50.1 Å². The molecule has 2 aromatic rings. The number of aromatic nitrogens is 4. The molecule has 2 heterocycles. The van der Waals surface area contributed by atoms with Gasteiger partial charge in [-0.05, 0) is 16.0 Å². The zero-order valence-electron chi connectivity index (χ0n) is 11.4. The zero-order chi connectivity index (χ0) is 13.9. The third-order valence-corrected chi connectivity index (χ3v) is 3.63. The van der Waals surface area contributed by atoms with E-state index in [2.05, 4.69) is 27.7 Å². The molecule has 1 aromatic carbocycles. The van der Waals surface area contributed by atoms with Crippen molar-refractivity contribution in [2.24, 2.45) is 5.73 Å². The summed E-state index contributed by atoms with van der Waals surface area (Å²) < 4.78 is 1.42. The molecular weight excluding hydrogens is 292 g/mol. The van der Waals surface area contributed by atoms with E-state index in [0.717, 1.165) is 0 Å². The lowest BCUT2D eigenvalue weighted by Crippen LogP contribution is -2.34. The van der Waals surface area contributed by atoms with E-state index in [9.17, 15) is 4.79 Å². The Morgan fingerprint density at radius 2 is 2.05 bits per heavy atom. The molecule has 21 heavy (non-hydrogen) atoms. The molecule has 1 saturated heterocycles. The Kier molecular flexibility index (Phi) is 4.87. The average Bonchev–Trinajstić information content (AvgIpc) is 3.09. The third-order valence-electron chi connectivity index (χ3n) is 3.63. The Labute approximate surface area is 128 Å². The smallest absolute Gasteiger partial charge is 0.244 e. The van der Waals surface area contributed by atoms with E-state index in [1.54, 1.807) is 4.90 Å². The molecule has 2 atom stereocenters. The molecule has 0 radical (unpaired) electrons. The van der Waals surface area contributed by atoms with Crippen LogP contribution in [0.3, 0.4) is 0 Å². The maximum absolute atomic E-state index is 12.2. The van der Waals surface area contributed by atoms with E-state index < -0.39 is 0 Å². The van der Waals surface area contributed by atoms with Gasteiger partial charge in [0.05, 0.1) is 0 Å². The molecule has 112 valence electrons. The average molecular weight is 309 g/mol. The summed E-state index contributed by atoms with van der Waals surface area (Å²) >= 11 is 0. The molecule has 1 aromatic heterocycles. The van der Waals surface area contributed by atoms with Crippen molar-refractivity contribution in [2.45, 2.75) is 18.5 Å². The maximum Gasteiger partial charge on any atom is 0.244 e. The van der Waals surface area contributed by atoms with Crippen molar-refractivity contribution in [1.82, 2.24) is 25.1 Å². The fourth-order valence-corrected chi connectivity index (χ4v) is 2.58. The van der Waals surface area contributed by atoms with Crippen LogP contribution in [0.2, 0.25) is 0 Å². The van der Waals surface area contributed by atoms with Crippen LogP contribution in [0.4, 0.5) is 0 Å². The summed E-state index contributed by atoms with van der Waals surface area (Å²) in [4.78, 5) is 14.0. The fourth-order valence-electron chi connectivity index (χ4n) is 2.58. The van der Waals surface area contributed by atoms with Crippen molar-refractivity contribution in [2.75, 3.05) is 13.1 Å². The largest absolute Gasteiger partial charge is 0.339 e. The van der Waals surface area contributed by atoms with Gasteiger partial charge in [-0.15, -0.1) is 17.5 Å². The van der Waals surface area contributed by atoms with Gasteiger partial charge in [-0.1, -0.05) is 30.3 Å². The number of hydrogen-bond acceptors (Lipinski definition) is 5. The maximum atomic E-state index is 12.2. The highest BCUT2D eigenvalue weighted by atomic mass is 35.5. The summed E-state index contributed by atoms with van der Waals surface area (Å²) in [5, 5.41) is 10.7. The van der Waals surface area contributed by atoms with Gasteiger partial charge in [-0.25, -0.2) is 4.68 Å². The number of nitrogens with zero attached hydrogens (tertiary/aromatic N) is 5.